The van der Waals surface area contributed by atoms with Gasteiger partial charge in [0.2, 0.25) is 0 Å². The van der Waals surface area contributed by atoms with Gasteiger partial charge in [0.05, 0.1) is 0 Å². The van der Waals surface area contributed by atoms with Crippen LogP contribution < -0.4 is 5.73 Å². The Bertz CT molecular complexity index is 144. The average molecular weight is 171 g/mol. The van der Waals surface area contributed by atoms with E-state index in [-0.39, 0.29) is 11.5 Å². The summed E-state index contributed by atoms with van der Waals surface area (Å²) in [6.45, 7) is 7.85. The van der Waals surface area contributed by atoms with Crippen LogP contribution in [-0.4, -0.2) is 11.8 Å². The maximum atomic E-state index is 11.4. The largest absolute Gasteiger partial charge is 0.328 e. The van der Waals surface area contributed by atoms with Crippen LogP contribution in [0.1, 0.15) is 47.0 Å². The molecular formula is C10H21NO. The van der Waals surface area contributed by atoms with Gasteiger partial charge >= 0.3 is 0 Å². The molecule has 0 fully saturated rings. The van der Waals surface area contributed by atoms with E-state index in [1.165, 1.54) is 0 Å². The zero-order valence-corrected chi connectivity index (χ0v) is 8.68. The van der Waals surface area contributed by atoms with E-state index in [0.29, 0.717) is 12.2 Å². The molecule has 0 radical (unpaired) electrons. The van der Waals surface area contributed by atoms with Crippen molar-refractivity contribution in [3.8, 4) is 0 Å². The van der Waals surface area contributed by atoms with Gasteiger partial charge in [-0.3, -0.25) is 4.79 Å². The Balaban J connectivity index is 3.59. The van der Waals surface area contributed by atoms with Gasteiger partial charge in [0, 0.05) is 17.9 Å². The van der Waals surface area contributed by atoms with Crippen molar-refractivity contribution < 1.29 is 4.79 Å². The Kier molecular flexibility index (Phi) is 4.46. The summed E-state index contributed by atoms with van der Waals surface area (Å²) < 4.78 is 0. The molecule has 0 heterocycles. The van der Waals surface area contributed by atoms with Gasteiger partial charge < -0.3 is 5.73 Å². The molecule has 0 spiro atoms. The molecule has 0 saturated heterocycles. The monoisotopic (exact) mass is 171 g/mol. The first-order valence-electron chi connectivity index (χ1n) is 4.63. The average Bonchev–Trinajstić information content (AvgIpc) is 1.84. The van der Waals surface area contributed by atoms with E-state index in [0.717, 1.165) is 12.8 Å². The number of ketones is 1. The third-order valence-electron chi connectivity index (χ3n) is 1.90. The van der Waals surface area contributed by atoms with Crippen LogP contribution in [0.15, 0.2) is 0 Å². The molecule has 0 bridgehead atoms. The summed E-state index contributed by atoms with van der Waals surface area (Å²) >= 11 is 0. The molecule has 0 aliphatic heterocycles. The van der Waals surface area contributed by atoms with Gasteiger partial charge in [-0.25, -0.2) is 0 Å². The maximum Gasteiger partial charge on any atom is 0.138 e. The molecule has 72 valence electrons. The normalized spacial score (nSPS) is 14.4. The van der Waals surface area contributed by atoms with E-state index >= 15 is 0 Å². The van der Waals surface area contributed by atoms with Crippen molar-refractivity contribution in [1.82, 2.24) is 0 Å². The van der Waals surface area contributed by atoms with E-state index < -0.39 is 0 Å². The molecule has 0 rings (SSSR count). The summed E-state index contributed by atoms with van der Waals surface area (Å²) in [7, 11) is 0. The number of nitrogens with two attached hydrogens (primary N) is 1. The highest BCUT2D eigenvalue weighted by Crippen LogP contribution is 2.18. The van der Waals surface area contributed by atoms with Crippen molar-refractivity contribution in [1.29, 1.82) is 0 Å². The van der Waals surface area contributed by atoms with Gasteiger partial charge in [0.15, 0.2) is 0 Å². The first kappa shape index (κ1) is 11.6. The van der Waals surface area contributed by atoms with Crippen LogP contribution in [-0.2, 0) is 4.79 Å². The van der Waals surface area contributed by atoms with Crippen LogP contribution in [0.5, 0.6) is 0 Å². The van der Waals surface area contributed by atoms with Crippen molar-refractivity contribution in [3.05, 3.63) is 0 Å². The molecule has 0 aliphatic carbocycles. The fourth-order valence-electron chi connectivity index (χ4n) is 0.960. The number of hydrogen-bond acceptors (Lipinski definition) is 2. The minimum atomic E-state index is -0.183. The van der Waals surface area contributed by atoms with E-state index in [2.05, 4.69) is 0 Å². The second-order valence-corrected chi connectivity index (χ2v) is 4.54. The molecule has 1 unspecified atom stereocenters. The second-order valence-electron chi connectivity index (χ2n) is 4.54. The molecule has 2 heteroatoms. The highest BCUT2D eigenvalue weighted by atomic mass is 16.1. The predicted octanol–water partition coefficient (Wildman–Crippen LogP) is 2.12. The molecule has 2 N–H and O–H groups in total. The van der Waals surface area contributed by atoms with E-state index in [1.54, 1.807) is 0 Å². The van der Waals surface area contributed by atoms with Crippen molar-refractivity contribution in [3.63, 3.8) is 0 Å². The quantitative estimate of drug-likeness (QED) is 0.704. The van der Waals surface area contributed by atoms with Crippen LogP contribution in [0.4, 0.5) is 0 Å². The van der Waals surface area contributed by atoms with Gasteiger partial charge in [-0.1, -0.05) is 20.8 Å². The van der Waals surface area contributed by atoms with Gasteiger partial charge in [0.1, 0.15) is 5.78 Å². The van der Waals surface area contributed by atoms with Crippen molar-refractivity contribution in [2.24, 2.45) is 11.1 Å². The number of rotatable bonds is 4. The van der Waals surface area contributed by atoms with Crippen molar-refractivity contribution in [2.45, 2.75) is 53.0 Å². The lowest BCUT2D eigenvalue weighted by atomic mass is 9.88. The first-order valence-corrected chi connectivity index (χ1v) is 4.63. The second kappa shape index (κ2) is 4.61. The summed E-state index contributed by atoms with van der Waals surface area (Å²) in [4.78, 5) is 11.4. The summed E-state index contributed by atoms with van der Waals surface area (Å²) in [6.07, 6.45) is 2.54. The molecular weight excluding hydrogens is 150 g/mol. The Hall–Kier alpha value is -0.370. The summed E-state index contributed by atoms with van der Waals surface area (Å²) in [6, 6.07) is 0.220. The minimum Gasteiger partial charge on any atom is -0.328 e. The van der Waals surface area contributed by atoms with Crippen LogP contribution in [0.2, 0.25) is 0 Å². The van der Waals surface area contributed by atoms with E-state index in [4.69, 9.17) is 5.73 Å². The smallest absolute Gasteiger partial charge is 0.138 e. The zero-order valence-electron chi connectivity index (χ0n) is 8.68. The first-order chi connectivity index (χ1) is 5.34. The Morgan fingerprint density at radius 2 is 1.92 bits per heavy atom. The number of Topliss-reactive ketones (excluding diaryl/α,β-unsaturated/α-hetero) is 1. The molecule has 2 nitrogen and oxygen atoms in total. The fraction of sp³-hybridized carbons (Fsp3) is 0.900. The topological polar surface area (TPSA) is 43.1 Å². The lowest BCUT2D eigenvalue weighted by Gasteiger charge is -2.16. The lowest BCUT2D eigenvalue weighted by molar-refractivity contribution is -0.126. The molecule has 0 amide bonds. The Labute approximate surface area is 75.5 Å². The third-order valence-corrected chi connectivity index (χ3v) is 1.90. The van der Waals surface area contributed by atoms with Gasteiger partial charge in [-0.2, -0.15) is 0 Å². The fourth-order valence-corrected chi connectivity index (χ4v) is 0.960. The van der Waals surface area contributed by atoms with Gasteiger partial charge in [-0.15, -0.1) is 0 Å². The van der Waals surface area contributed by atoms with Crippen LogP contribution >= 0.6 is 0 Å². The lowest BCUT2D eigenvalue weighted by Crippen LogP contribution is -2.21. The van der Waals surface area contributed by atoms with Crippen molar-refractivity contribution >= 4 is 5.78 Å². The maximum absolute atomic E-state index is 11.4. The zero-order chi connectivity index (χ0) is 9.78. The molecule has 1 atom stereocenters. The standard InChI is InChI=1S/C10H21NO/c1-8(11)6-5-7-9(12)10(2,3)4/h8H,5-7,11H2,1-4H3. The highest BCUT2D eigenvalue weighted by molar-refractivity contribution is 5.83. The molecule has 0 aromatic carbocycles. The Morgan fingerprint density at radius 1 is 1.42 bits per heavy atom. The van der Waals surface area contributed by atoms with E-state index in [1.807, 2.05) is 27.7 Å². The van der Waals surface area contributed by atoms with Gasteiger partial charge in [-0.05, 0) is 19.8 Å². The van der Waals surface area contributed by atoms with Crippen molar-refractivity contribution in [2.75, 3.05) is 0 Å². The summed E-state index contributed by atoms with van der Waals surface area (Å²) in [5.74, 6) is 0.336. The number of carbonyl (C=O) groups is 1. The molecule has 0 aliphatic rings. The molecule has 0 aromatic heterocycles. The van der Waals surface area contributed by atoms with Crippen LogP contribution in [0.25, 0.3) is 0 Å². The van der Waals surface area contributed by atoms with Gasteiger partial charge in [0.25, 0.3) is 0 Å². The minimum absolute atomic E-state index is 0.183. The SMILES string of the molecule is CC(N)CCCC(=O)C(C)(C)C. The van der Waals surface area contributed by atoms with E-state index in [9.17, 15) is 4.79 Å². The molecule has 0 aromatic rings. The van der Waals surface area contributed by atoms with Crippen LogP contribution in [0, 0.1) is 5.41 Å². The summed E-state index contributed by atoms with van der Waals surface area (Å²) in [5, 5.41) is 0. The molecule has 12 heavy (non-hydrogen) atoms. The number of hydrogen-bond donors (Lipinski definition) is 1. The highest BCUT2D eigenvalue weighted by Gasteiger charge is 2.19. The number of carbonyl (C=O) groups excluding carboxylic acids is 1. The molecule has 0 saturated carbocycles. The van der Waals surface area contributed by atoms with Crippen LogP contribution in [0.3, 0.4) is 0 Å². The Morgan fingerprint density at radius 3 is 2.25 bits per heavy atom. The summed E-state index contributed by atoms with van der Waals surface area (Å²) in [5.41, 5.74) is 5.39. The third kappa shape index (κ3) is 5.30. The predicted molar refractivity (Wildman–Crippen MR) is 52.0 cm³/mol.